The number of rotatable bonds is 16. The van der Waals surface area contributed by atoms with E-state index in [1.165, 1.54) is 0 Å². The molecule has 2 rings (SSSR count). The van der Waals surface area contributed by atoms with Gasteiger partial charge in [-0.3, -0.25) is 0 Å². The van der Waals surface area contributed by atoms with Gasteiger partial charge in [-0.25, -0.2) is 26.8 Å². The molecule has 1 aromatic rings. The van der Waals surface area contributed by atoms with Gasteiger partial charge in [-0.1, -0.05) is 13.3 Å². The zero-order valence-corrected chi connectivity index (χ0v) is 21.6. The van der Waals surface area contributed by atoms with Gasteiger partial charge in [0.2, 0.25) is 0 Å². The van der Waals surface area contributed by atoms with Gasteiger partial charge in [0.25, 0.3) is 0 Å². The first-order chi connectivity index (χ1) is 17.5. The summed E-state index contributed by atoms with van der Waals surface area (Å²) in [7, 11) is -3.74. The summed E-state index contributed by atoms with van der Waals surface area (Å²) >= 11 is 0. The van der Waals surface area contributed by atoms with Crippen LogP contribution in [0.5, 0.6) is 0 Å². The van der Waals surface area contributed by atoms with E-state index < -0.39 is 57.5 Å². The zero-order valence-electron chi connectivity index (χ0n) is 20.8. The molecule has 0 unspecified atom stereocenters. The van der Waals surface area contributed by atoms with Crippen LogP contribution in [0.3, 0.4) is 0 Å². The third-order valence-corrected chi connectivity index (χ3v) is 7.33. The van der Waals surface area contributed by atoms with E-state index >= 15 is 0 Å². The summed E-state index contributed by atoms with van der Waals surface area (Å²) in [4.78, 5) is 25.2. The second kappa shape index (κ2) is 14.8. The van der Waals surface area contributed by atoms with Gasteiger partial charge >= 0.3 is 12.1 Å². The Morgan fingerprint density at radius 2 is 1.92 bits per heavy atom. The fraction of sp³-hybridized carbons (Fsp3) is 0.625. The molecule has 1 fully saturated rings. The van der Waals surface area contributed by atoms with Crippen molar-refractivity contribution in [3.63, 3.8) is 0 Å². The molecule has 3 atom stereocenters. The number of alkyl carbamates (subject to hydrolysis) is 1. The summed E-state index contributed by atoms with van der Waals surface area (Å²) in [5, 5.41) is 14.0. The first-order valence-electron chi connectivity index (χ1n) is 12.2. The SMILES string of the molecule is CCCCS(=O)(=O)C[C@@H](NC(=O)OCCC#N)C(=O)O[C@H](CNC1CC1)[C@@H](N)Cc1cc(F)cc(F)c1. The van der Waals surface area contributed by atoms with E-state index in [4.69, 9.17) is 20.5 Å². The average molecular weight is 545 g/mol. The number of carbonyl (C=O) groups is 2. The largest absolute Gasteiger partial charge is 0.458 e. The summed E-state index contributed by atoms with van der Waals surface area (Å²) in [5.74, 6) is -3.49. The van der Waals surface area contributed by atoms with Crippen LogP contribution in [0.25, 0.3) is 0 Å². The molecule has 1 saturated carbocycles. The number of ether oxygens (including phenoxy) is 2. The van der Waals surface area contributed by atoms with Crippen LogP contribution in [0.15, 0.2) is 18.2 Å². The Morgan fingerprint density at radius 1 is 1.24 bits per heavy atom. The highest BCUT2D eigenvalue weighted by atomic mass is 32.2. The van der Waals surface area contributed by atoms with Gasteiger partial charge < -0.3 is 25.8 Å². The minimum Gasteiger partial charge on any atom is -0.458 e. The van der Waals surface area contributed by atoms with E-state index in [1.807, 2.05) is 6.92 Å². The molecule has 206 valence electrons. The summed E-state index contributed by atoms with van der Waals surface area (Å²) < 4.78 is 62.7. The van der Waals surface area contributed by atoms with Crippen molar-refractivity contribution in [3.05, 3.63) is 35.4 Å². The quantitative estimate of drug-likeness (QED) is 0.208. The topological polar surface area (TPSA) is 161 Å². The van der Waals surface area contributed by atoms with E-state index in [0.29, 0.717) is 12.8 Å². The molecule has 4 N–H and O–H groups in total. The predicted octanol–water partition coefficient (Wildman–Crippen LogP) is 1.72. The molecule has 10 nitrogen and oxygen atoms in total. The van der Waals surface area contributed by atoms with E-state index in [2.05, 4.69) is 10.6 Å². The Bertz CT molecular complexity index is 1040. The second-order valence-corrected chi connectivity index (χ2v) is 11.2. The normalized spacial score (nSPS) is 15.8. The van der Waals surface area contributed by atoms with Gasteiger partial charge in [-0.15, -0.1) is 0 Å². The van der Waals surface area contributed by atoms with E-state index in [9.17, 15) is 26.8 Å². The molecule has 37 heavy (non-hydrogen) atoms. The number of amides is 1. The molecule has 13 heteroatoms. The lowest BCUT2D eigenvalue weighted by Gasteiger charge is -2.27. The van der Waals surface area contributed by atoms with Crippen LogP contribution in [0, 0.1) is 23.0 Å². The molecule has 0 aromatic heterocycles. The predicted molar refractivity (Wildman–Crippen MR) is 131 cm³/mol. The number of hydrogen-bond acceptors (Lipinski definition) is 9. The van der Waals surface area contributed by atoms with Crippen LogP contribution >= 0.6 is 0 Å². The Balaban J connectivity index is 2.16. The Hall–Kier alpha value is -2.82. The number of nitriles is 1. The van der Waals surface area contributed by atoms with Crippen molar-refractivity contribution in [1.82, 2.24) is 10.6 Å². The molecule has 0 radical (unpaired) electrons. The molecule has 0 saturated heterocycles. The lowest BCUT2D eigenvalue weighted by Crippen LogP contribution is -2.52. The van der Waals surface area contributed by atoms with Crippen molar-refractivity contribution in [2.75, 3.05) is 24.7 Å². The maximum Gasteiger partial charge on any atom is 0.407 e. The maximum atomic E-state index is 13.6. The molecule has 0 aliphatic heterocycles. The summed E-state index contributed by atoms with van der Waals surface area (Å²) in [6, 6.07) is 2.51. The maximum absolute atomic E-state index is 13.6. The summed E-state index contributed by atoms with van der Waals surface area (Å²) in [6.07, 6.45) is 0.678. The Labute approximate surface area is 215 Å². The lowest BCUT2D eigenvalue weighted by molar-refractivity contribution is -0.151. The van der Waals surface area contributed by atoms with Crippen molar-refractivity contribution in [2.24, 2.45) is 5.73 Å². The number of nitrogens with two attached hydrogens (primary N) is 1. The molecule has 0 spiro atoms. The smallest absolute Gasteiger partial charge is 0.407 e. The van der Waals surface area contributed by atoms with Crippen molar-refractivity contribution in [2.45, 2.75) is 69.7 Å². The fourth-order valence-corrected chi connectivity index (χ4v) is 5.08. The molecule has 0 bridgehead atoms. The monoisotopic (exact) mass is 544 g/mol. The molecule has 0 heterocycles. The highest BCUT2D eigenvalue weighted by Crippen LogP contribution is 2.19. The summed E-state index contributed by atoms with van der Waals surface area (Å²) in [5.41, 5.74) is 6.52. The number of halogens is 2. The lowest BCUT2D eigenvalue weighted by atomic mass is 10.0. The first kappa shape index (κ1) is 30.4. The van der Waals surface area contributed by atoms with E-state index in [1.54, 1.807) is 6.07 Å². The van der Waals surface area contributed by atoms with Crippen molar-refractivity contribution < 1.29 is 36.3 Å². The van der Waals surface area contributed by atoms with Crippen LogP contribution in [0.4, 0.5) is 13.6 Å². The fourth-order valence-electron chi connectivity index (χ4n) is 3.46. The number of carbonyl (C=O) groups excluding carboxylic acids is 2. The first-order valence-corrected chi connectivity index (χ1v) is 14.0. The number of sulfone groups is 1. The van der Waals surface area contributed by atoms with Gasteiger partial charge in [0.1, 0.15) is 30.4 Å². The molecule has 1 aliphatic carbocycles. The highest BCUT2D eigenvalue weighted by Gasteiger charge is 2.33. The van der Waals surface area contributed by atoms with E-state index in [-0.39, 0.29) is 43.4 Å². The van der Waals surface area contributed by atoms with Gasteiger partial charge in [0, 0.05) is 24.7 Å². The van der Waals surface area contributed by atoms with Crippen molar-refractivity contribution >= 4 is 21.9 Å². The third kappa shape index (κ3) is 11.8. The molecule has 1 aliphatic rings. The number of esters is 1. The molecule has 1 aromatic carbocycles. The van der Waals surface area contributed by atoms with Crippen molar-refractivity contribution in [3.8, 4) is 6.07 Å². The van der Waals surface area contributed by atoms with Crippen molar-refractivity contribution in [1.29, 1.82) is 5.26 Å². The minimum atomic E-state index is -3.74. The number of nitrogens with one attached hydrogen (secondary N) is 2. The van der Waals surface area contributed by atoms with Crippen LogP contribution in [0.1, 0.15) is 44.6 Å². The van der Waals surface area contributed by atoms with Crippen LogP contribution < -0.4 is 16.4 Å². The second-order valence-electron chi connectivity index (χ2n) is 9.01. The minimum absolute atomic E-state index is 0.0257. The molecular formula is C24H34F2N4O6S. The Morgan fingerprint density at radius 3 is 2.51 bits per heavy atom. The highest BCUT2D eigenvalue weighted by molar-refractivity contribution is 7.91. The van der Waals surface area contributed by atoms with Gasteiger partial charge in [-0.05, 0) is 43.4 Å². The zero-order chi connectivity index (χ0) is 27.4. The Kier molecular flexibility index (Phi) is 12.2. The number of unbranched alkanes of at least 4 members (excludes halogenated alkanes) is 1. The number of hydrogen-bond donors (Lipinski definition) is 3. The summed E-state index contributed by atoms with van der Waals surface area (Å²) in [6.45, 7) is 1.70. The van der Waals surface area contributed by atoms with Crippen LogP contribution in [-0.2, 0) is 30.5 Å². The number of benzene rings is 1. The number of nitrogens with zero attached hydrogens (tertiary/aromatic N) is 1. The molecule has 1 amide bonds. The average Bonchev–Trinajstić information content (AvgIpc) is 3.63. The van der Waals surface area contributed by atoms with Gasteiger partial charge in [0.15, 0.2) is 9.84 Å². The van der Waals surface area contributed by atoms with Gasteiger partial charge in [0.05, 0.1) is 24.0 Å². The van der Waals surface area contributed by atoms with Gasteiger partial charge in [-0.2, -0.15) is 5.26 Å². The van der Waals surface area contributed by atoms with E-state index in [0.717, 1.165) is 31.0 Å². The van der Waals surface area contributed by atoms with Crippen LogP contribution in [-0.4, -0.2) is 69.4 Å². The van der Waals surface area contributed by atoms with Crippen LogP contribution in [0.2, 0.25) is 0 Å². The third-order valence-electron chi connectivity index (χ3n) is 5.58. The molecular weight excluding hydrogens is 510 g/mol. The standard InChI is InChI=1S/C24H34F2N4O6S/c1-2-3-9-37(33,34)15-21(30-24(32)35-8-4-7-27)23(31)36-22(14-29-19-5-6-19)20(28)12-16-10-17(25)13-18(26)11-16/h10-11,13,19-22,29H,2-6,8-9,12,14-15,28H2,1H3,(H,30,32)/t20-,21+,22+/m0/s1.